The number of nitrogens with one attached hydrogen (secondary N) is 2. The quantitative estimate of drug-likeness (QED) is 0.526. The molecule has 2 N–H and O–H groups in total. The first kappa shape index (κ1) is 21.0. The fourth-order valence-electron chi connectivity index (χ4n) is 2.77. The maximum Gasteiger partial charge on any atom is 0.265 e. The highest BCUT2D eigenvalue weighted by Gasteiger charge is 2.27. The molecule has 0 aromatic heterocycles. The number of benzene rings is 2. The van der Waals surface area contributed by atoms with E-state index < -0.39 is 17.9 Å². The van der Waals surface area contributed by atoms with Gasteiger partial charge in [-0.2, -0.15) is 5.10 Å². The van der Waals surface area contributed by atoms with Crippen molar-refractivity contribution in [3.8, 4) is 23.0 Å². The Balaban J connectivity index is 1.52. The van der Waals surface area contributed by atoms with Gasteiger partial charge in [0.25, 0.3) is 11.8 Å². The van der Waals surface area contributed by atoms with E-state index in [9.17, 15) is 9.59 Å². The summed E-state index contributed by atoms with van der Waals surface area (Å²) < 4.78 is 21.6. The Labute approximate surface area is 174 Å². The van der Waals surface area contributed by atoms with Gasteiger partial charge in [-0.15, -0.1) is 0 Å². The van der Waals surface area contributed by atoms with Gasteiger partial charge in [-0.1, -0.05) is 12.1 Å². The van der Waals surface area contributed by atoms with Crippen LogP contribution in [0.2, 0.25) is 0 Å². The molecule has 2 aromatic rings. The van der Waals surface area contributed by atoms with Crippen molar-refractivity contribution in [2.45, 2.75) is 13.0 Å². The molecule has 0 aliphatic carbocycles. The number of carbonyl (C=O) groups is 2. The zero-order chi connectivity index (χ0) is 21.5. The van der Waals surface area contributed by atoms with Crippen molar-refractivity contribution in [2.75, 3.05) is 27.4 Å². The number of fused-ring (bicyclic) bond motifs is 1. The molecule has 0 bridgehead atoms. The molecule has 9 heteroatoms. The van der Waals surface area contributed by atoms with Gasteiger partial charge in [-0.3, -0.25) is 9.59 Å². The van der Waals surface area contributed by atoms with Gasteiger partial charge in [0, 0.05) is 11.6 Å². The number of ether oxygens (including phenoxy) is 4. The first-order chi connectivity index (χ1) is 14.5. The van der Waals surface area contributed by atoms with Crippen LogP contribution in [0.4, 0.5) is 0 Å². The SMILES string of the molecule is COc1ccc(C(C)=NNC(=O)CNC(=O)C2COc3ccccc3O2)c(OC)c1. The second kappa shape index (κ2) is 9.64. The maximum absolute atomic E-state index is 12.3. The molecule has 9 nitrogen and oxygen atoms in total. The van der Waals surface area contributed by atoms with E-state index in [-0.39, 0.29) is 13.2 Å². The second-order valence-electron chi connectivity index (χ2n) is 6.38. The number of amides is 2. The van der Waals surface area contributed by atoms with Crippen LogP contribution in [-0.2, 0) is 9.59 Å². The molecule has 2 aromatic carbocycles. The molecule has 1 aliphatic rings. The number of nitrogens with zero attached hydrogens (tertiary/aromatic N) is 1. The van der Waals surface area contributed by atoms with E-state index >= 15 is 0 Å². The molecule has 1 aliphatic heterocycles. The summed E-state index contributed by atoms with van der Waals surface area (Å²) in [5, 5.41) is 6.59. The topological polar surface area (TPSA) is 107 Å². The average molecular weight is 413 g/mol. The Kier molecular flexibility index (Phi) is 6.74. The van der Waals surface area contributed by atoms with Gasteiger partial charge < -0.3 is 24.3 Å². The highest BCUT2D eigenvalue weighted by atomic mass is 16.6. The standard InChI is InChI=1S/C21H23N3O6/c1-13(15-9-8-14(27-2)10-18(15)28-3)23-24-20(25)11-22-21(26)19-12-29-16-6-4-5-7-17(16)30-19/h4-10,19H,11-12H2,1-3H3,(H,22,26)(H,24,25). The van der Waals surface area contributed by atoms with Crippen LogP contribution in [0.1, 0.15) is 12.5 Å². The molecule has 1 heterocycles. The van der Waals surface area contributed by atoms with Gasteiger partial charge >= 0.3 is 0 Å². The molecular weight excluding hydrogens is 390 g/mol. The number of para-hydroxylation sites is 2. The normalized spacial score (nSPS) is 15.2. The van der Waals surface area contributed by atoms with Crippen LogP contribution >= 0.6 is 0 Å². The molecule has 30 heavy (non-hydrogen) atoms. The van der Waals surface area contributed by atoms with Crippen LogP contribution in [-0.4, -0.2) is 51.0 Å². The summed E-state index contributed by atoms with van der Waals surface area (Å²) in [6, 6.07) is 12.3. The third-order valence-corrected chi connectivity index (χ3v) is 4.37. The lowest BCUT2D eigenvalue weighted by molar-refractivity contribution is -0.132. The number of carbonyl (C=O) groups excluding carboxylic acids is 2. The van der Waals surface area contributed by atoms with E-state index in [4.69, 9.17) is 18.9 Å². The van der Waals surface area contributed by atoms with Crippen LogP contribution in [0.25, 0.3) is 0 Å². The summed E-state index contributed by atoms with van der Waals surface area (Å²) >= 11 is 0. The zero-order valence-electron chi connectivity index (χ0n) is 16.9. The molecule has 0 fully saturated rings. The fourth-order valence-corrected chi connectivity index (χ4v) is 2.77. The molecule has 0 spiro atoms. The van der Waals surface area contributed by atoms with Crippen molar-refractivity contribution >= 4 is 17.5 Å². The minimum atomic E-state index is -0.832. The smallest absolute Gasteiger partial charge is 0.265 e. The summed E-state index contributed by atoms with van der Waals surface area (Å²) in [7, 11) is 3.10. The summed E-state index contributed by atoms with van der Waals surface area (Å²) in [6.07, 6.45) is -0.832. The minimum Gasteiger partial charge on any atom is -0.497 e. The van der Waals surface area contributed by atoms with Crippen LogP contribution < -0.4 is 29.7 Å². The molecule has 2 amide bonds. The zero-order valence-corrected chi connectivity index (χ0v) is 16.9. The van der Waals surface area contributed by atoms with Gasteiger partial charge in [0.05, 0.1) is 26.5 Å². The van der Waals surface area contributed by atoms with E-state index in [2.05, 4.69) is 15.8 Å². The monoisotopic (exact) mass is 413 g/mol. The predicted octanol–water partition coefficient (Wildman–Crippen LogP) is 1.50. The van der Waals surface area contributed by atoms with Crippen molar-refractivity contribution in [2.24, 2.45) is 5.10 Å². The van der Waals surface area contributed by atoms with E-state index in [1.165, 1.54) is 7.11 Å². The Morgan fingerprint density at radius 3 is 2.63 bits per heavy atom. The van der Waals surface area contributed by atoms with E-state index in [1.807, 2.05) is 6.07 Å². The van der Waals surface area contributed by atoms with Crippen molar-refractivity contribution in [1.82, 2.24) is 10.7 Å². The van der Waals surface area contributed by atoms with Gasteiger partial charge in [0.2, 0.25) is 6.10 Å². The lowest BCUT2D eigenvalue weighted by atomic mass is 10.1. The van der Waals surface area contributed by atoms with Gasteiger partial charge in [0.15, 0.2) is 11.5 Å². The molecule has 3 rings (SSSR count). The number of rotatable bonds is 7. The molecule has 0 saturated heterocycles. The van der Waals surface area contributed by atoms with Crippen molar-refractivity contribution in [3.05, 3.63) is 48.0 Å². The average Bonchev–Trinajstić information content (AvgIpc) is 2.80. The van der Waals surface area contributed by atoms with E-state index in [0.717, 1.165) is 0 Å². The first-order valence-electron chi connectivity index (χ1n) is 9.23. The molecule has 1 atom stereocenters. The van der Waals surface area contributed by atoms with Crippen LogP contribution in [0.3, 0.4) is 0 Å². The van der Waals surface area contributed by atoms with Crippen LogP contribution in [0, 0.1) is 0 Å². The first-order valence-corrected chi connectivity index (χ1v) is 9.23. The van der Waals surface area contributed by atoms with Crippen molar-refractivity contribution in [3.63, 3.8) is 0 Å². The number of hydrazone groups is 1. The predicted molar refractivity (Wildman–Crippen MR) is 109 cm³/mol. The number of methoxy groups -OCH3 is 2. The van der Waals surface area contributed by atoms with Crippen molar-refractivity contribution < 1.29 is 28.5 Å². The minimum absolute atomic E-state index is 0.0684. The molecule has 0 radical (unpaired) electrons. The van der Waals surface area contributed by atoms with Gasteiger partial charge in [-0.05, 0) is 31.2 Å². The highest BCUT2D eigenvalue weighted by Crippen LogP contribution is 2.30. The summed E-state index contributed by atoms with van der Waals surface area (Å²) in [4.78, 5) is 24.3. The van der Waals surface area contributed by atoms with Crippen LogP contribution in [0.5, 0.6) is 23.0 Å². The largest absolute Gasteiger partial charge is 0.497 e. The molecule has 1 unspecified atom stereocenters. The van der Waals surface area contributed by atoms with E-state index in [1.54, 1.807) is 50.4 Å². The summed E-state index contributed by atoms with van der Waals surface area (Å²) in [5.41, 5.74) is 3.65. The lowest BCUT2D eigenvalue weighted by Crippen LogP contribution is -2.46. The second-order valence-corrected chi connectivity index (χ2v) is 6.38. The summed E-state index contributed by atoms with van der Waals surface area (Å²) in [6.45, 7) is 1.55. The van der Waals surface area contributed by atoms with Crippen LogP contribution in [0.15, 0.2) is 47.6 Å². The lowest BCUT2D eigenvalue weighted by Gasteiger charge is -2.25. The fraction of sp³-hybridized carbons (Fsp3) is 0.286. The third-order valence-electron chi connectivity index (χ3n) is 4.37. The molecule has 0 saturated carbocycles. The van der Waals surface area contributed by atoms with E-state index in [0.29, 0.717) is 34.3 Å². The number of hydrogen-bond donors (Lipinski definition) is 2. The Bertz CT molecular complexity index is 960. The van der Waals surface area contributed by atoms with Crippen molar-refractivity contribution in [1.29, 1.82) is 0 Å². The summed E-state index contributed by atoms with van der Waals surface area (Å²) in [5.74, 6) is 1.35. The number of hydrogen-bond acceptors (Lipinski definition) is 7. The Hall–Kier alpha value is -3.75. The third kappa shape index (κ3) is 4.99. The highest BCUT2D eigenvalue weighted by molar-refractivity contribution is 6.02. The maximum atomic E-state index is 12.3. The Morgan fingerprint density at radius 2 is 1.90 bits per heavy atom. The van der Waals surface area contributed by atoms with Gasteiger partial charge in [-0.25, -0.2) is 5.43 Å². The Morgan fingerprint density at radius 1 is 1.13 bits per heavy atom. The van der Waals surface area contributed by atoms with Gasteiger partial charge in [0.1, 0.15) is 18.1 Å². The molecular formula is C21H23N3O6. The molecule has 158 valence electrons.